The summed E-state index contributed by atoms with van der Waals surface area (Å²) in [6.45, 7) is 3.35. The van der Waals surface area contributed by atoms with Crippen LogP contribution in [-0.2, 0) is 4.79 Å². The molecule has 0 saturated carbocycles. The van der Waals surface area contributed by atoms with Crippen LogP contribution in [0.5, 0.6) is 5.75 Å². The van der Waals surface area contributed by atoms with E-state index >= 15 is 0 Å². The van der Waals surface area contributed by atoms with Gasteiger partial charge in [-0.3, -0.25) is 4.79 Å². The molecule has 2 aromatic carbocycles. The van der Waals surface area contributed by atoms with Crippen molar-refractivity contribution in [1.82, 2.24) is 0 Å². The maximum Gasteiger partial charge on any atom is 0.265 e. The Morgan fingerprint density at radius 1 is 1.23 bits per heavy atom. The molecule has 0 fully saturated rings. The maximum absolute atomic E-state index is 13.2. The highest BCUT2D eigenvalue weighted by molar-refractivity contribution is 6.35. The van der Waals surface area contributed by atoms with E-state index in [9.17, 15) is 9.18 Å². The zero-order valence-corrected chi connectivity index (χ0v) is 13.5. The van der Waals surface area contributed by atoms with Crippen LogP contribution in [0.3, 0.4) is 0 Å². The summed E-state index contributed by atoms with van der Waals surface area (Å²) in [5.41, 5.74) is 1.16. The fourth-order valence-corrected chi connectivity index (χ4v) is 2.23. The van der Waals surface area contributed by atoms with Crippen molar-refractivity contribution in [2.24, 2.45) is 0 Å². The summed E-state index contributed by atoms with van der Waals surface area (Å²) in [5, 5.41) is 3.42. The number of carbonyl (C=O) groups excluding carboxylic acids is 1. The average Bonchev–Trinajstić information content (AvgIpc) is 2.45. The number of halogens is 3. The van der Waals surface area contributed by atoms with Crippen molar-refractivity contribution in [1.29, 1.82) is 0 Å². The number of carbonyl (C=O) groups is 1. The fraction of sp³-hybridized carbons (Fsp3) is 0.188. The monoisotopic (exact) mass is 341 g/mol. The minimum absolute atomic E-state index is 0.314. The Bertz CT molecular complexity index is 707. The number of amides is 1. The molecule has 3 nitrogen and oxygen atoms in total. The van der Waals surface area contributed by atoms with Gasteiger partial charge in [0.2, 0.25) is 0 Å². The summed E-state index contributed by atoms with van der Waals surface area (Å²) in [6, 6.07) is 8.91. The van der Waals surface area contributed by atoms with Crippen molar-refractivity contribution in [3.05, 3.63) is 57.8 Å². The molecular formula is C16H14Cl2FNO2. The van der Waals surface area contributed by atoms with Crippen LogP contribution < -0.4 is 10.1 Å². The molecule has 0 aliphatic carbocycles. The number of rotatable bonds is 4. The first-order valence-corrected chi connectivity index (χ1v) is 7.31. The predicted molar refractivity (Wildman–Crippen MR) is 86.3 cm³/mol. The molecule has 0 aliphatic rings. The molecule has 1 N–H and O–H groups in total. The smallest absolute Gasteiger partial charge is 0.265 e. The van der Waals surface area contributed by atoms with Gasteiger partial charge in [0.25, 0.3) is 5.91 Å². The second kappa shape index (κ2) is 6.99. The van der Waals surface area contributed by atoms with Crippen LogP contribution in [0.15, 0.2) is 36.4 Å². The molecule has 0 aromatic heterocycles. The highest BCUT2D eigenvalue weighted by atomic mass is 35.5. The fourth-order valence-electron chi connectivity index (χ4n) is 1.78. The van der Waals surface area contributed by atoms with Crippen molar-refractivity contribution < 1.29 is 13.9 Å². The Kier molecular flexibility index (Phi) is 5.27. The van der Waals surface area contributed by atoms with Crippen molar-refractivity contribution in [3.63, 3.8) is 0 Å². The first kappa shape index (κ1) is 16.6. The van der Waals surface area contributed by atoms with E-state index in [1.54, 1.807) is 32.0 Å². The van der Waals surface area contributed by atoms with Crippen LogP contribution in [0.4, 0.5) is 10.1 Å². The van der Waals surface area contributed by atoms with E-state index in [-0.39, 0.29) is 0 Å². The average molecular weight is 342 g/mol. The first-order valence-electron chi connectivity index (χ1n) is 6.55. The lowest BCUT2D eigenvalue weighted by molar-refractivity contribution is -0.122. The Hall–Kier alpha value is -1.78. The van der Waals surface area contributed by atoms with E-state index < -0.39 is 17.8 Å². The standard InChI is InChI=1S/C16H14Cl2FNO2/c1-9-3-5-12(19)8-14(9)20-16(21)10(2)22-15-6-4-11(17)7-13(15)18/h3-8,10H,1-2H3,(H,20,21)/t10-/m1/s1. The molecule has 0 unspecified atom stereocenters. The number of nitrogens with one attached hydrogen (secondary N) is 1. The number of anilines is 1. The van der Waals surface area contributed by atoms with Crippen LogP contribution in [0.2, 0.25) is 10.0 Å². The van der Waals surface area contributed by atoms with Gasteiger partial charge >= 0.3 is 0 Å². The molecule has 0 heterocycles. The van der Waals surface area contributed by atoms with Gasteiger partial charge < -0.3 is 10.1 Å². The zero-order chi connectivity index (χ0) is 16.3. The molecule has 0 aliphatic heterocycles. The number of ether oxygens (including phenoxy) is 1. The number of benzene rings is 2. The number of hydrogen-bond donors (Lipinski definition) is 1. The minimum atomic E-state index is -0.804. The van der Waals surface area contributed by atoms with E-state index in [2.05, 4.69) is 5.32 Å². The quantitative estimate of drug-likeness (QED) is 0.863. The molecule has 22 heavy (non-hydrogen) atoms. The molecule has 6 heteroatoms. The molecular weight excluding hydrogens is 328 g/mol. The predicted octanol–water partition coefficient (Wildman–Crippen LogP) is 4.85. The highest BCUT2D eigenvalue weighted by Crippen LogP contribution is 2.28. The van der Waals surface area contributed by atoms with Crippen molar-refractivity contribution in [3.8, 4) is 5.75 Å². The largest absolute Gasteiger partial charge is 0.479 e. The van der Waals surface area contributed by atoms with Crippen LogP contribution in [-0.4, -0.2) is 12.0 Å². The lowest BCUT2D eigenvalue weighted by Crippen LogP contribution is -2.30. The molecule has 2 rings (SSSR count). The topological polar surface area (TPSA) is 38.3 Å². The molecule has 0 saturated heterocycles. The van der Waals surface area contributed by atoms with Crippen LogP contribution in [0.1, 0.15) is 12.5 Å². The Morgan fingerprint density at radius 2 is 1.95 bits per heavy atom. The van der Waals surface area contributed by atoms with Gasteiger partial charge in [-0.05, 0) is 49.7 Å². The Labute approximate surface area is 138 Å². The molecule has 0 radical (unpaired) electrons. The summed E-state index contributed by atoms with van der Waals surface area (Å²) in [6.07, 6.45) is -0.804. The number of hydrogen-bond acceptors (Lipinski definition) is 2. The lowest BCUT2D eigenvalue weighted by atomic mass is 10.2. The SMILES string of the molecule is Cc1ccc(F)cc1NC(=O)[C@@H](C)Oc1ccc(Cl)cc1Cl. The van der Waals surface area contributed by atoms with Crippen LogP contribution in [0, 0.1) is 12.7 Å². The third-order valence-corrected chi connectivity index (χ3v) is 3.55. The van der Waals surface area contributed by atoms with Gasteiger partial charge in [0.15, 0.2) is 6.10 Å². The van der Waals surface area contributed by atoms with Crippen molar-refractivity contribution >= 4 is 34.8 Å². The van der Waals surface area contributed by atoms with Gasteiger partial charge in [0, 0.05) is 10.7 Å². The summed E-state index contributed by atoms with van der Waals surface area (Å²) in [7, 11) is 0. The van der Waals surface area contributed by atoms with E-state index in [4.69, 9.17) is 27.9 Å². The van der Waals surface area contributed by atoms with E-state index in [1.165, 1.54) is 18.2 Å². The summed E-state index contributed by atoms with van der Waals surface area (Å²) < 4.78 is 18.7. The summed E-state index contributed by atoms with van der Waals surface area (Å²) >= 11 is 11.8. The molecule has 0 bridgehead atoms. The van der Waals surface area contributed by atoms with Gasteiger partial charge in [0.05, 0.1) is 5.02 Å². The molecule has 2 aromatic rings. The second-order valence-corrected chi connectivity index (χ2v) is 5.63. The van der Waals surface area contributed by atoms with Crippen molar-refractivity contribution in [2.45, 2.75) is 20.0 Å². The molecule has 0 spiro atoms. The lowest BCUT2D eigenvalue weighted by Gasteiger charge is -2.16. The molecule has 1 amide bonds. The third kappa shape index (κ3) is 4.12. The minimum Gasteiger partial charge on any atom is -0.479 e. The normalized spacial score (nSPS) is 11.9. The highest BCUT2D eigenvalue weighted by Gasteiger charge is 2.17. The molecule has 1 atom stereocenters. The number of aryl methyl sites for hydroxylation is 1. The van der Waals surface area contributed by atoms with Gasteiger partial charge in [-0.2, -0.15) is 0 Å². The second-order valence-electron chi connectivity index (χ2n) is 4.78. The van der Waals surface area contributed by atoms with Crippen molar-refractivity contribution in [2.75, 3.05) is 5.32 Å². The van der Waals surface area contributed by atoms with Gasteiger partial charge in [-0.15, -0.1) is 0 Å². The Balaban J connectivity index is 2.07. The third-order valence-electron chi connectivity index (χ3n) is 3.02. The summed E-state index contributed by atoms with van der Waals surface area (Å²) in [5.74, 6) is -0.473. The van der Waals surface area contributed by atoms with Gasteiger partial charge in [-0.1, -0.05) is 29.3 Å². The first-order chi connectivity index (χ1) is 10.4. The Morgan fingerprint density at radius 3 is 2.64 bits per heavy atom. The maximum atomic E-state index is 13.2. The van der Waals surface area contributed by atoms with Gasteiger partial charge in [-0.25, -0.2) is 4.39 Å². The van der Waals surface area contributed by atoms with Crippen LogP contribution >= 0.6 is 23.2 Å². The van der Waals surface area contributed by atoms with E-state index in [0.717, 1.165) is 5.56 Å². The molecule has 116 valence electrons. The van der Waals surface area contributed by atoms with Crippen LogP contribution in [0.25, 0.3) is 0 Å². The van der Waals surface area contributed by atoms with Gasteiger partial charge in [0.1, 0.15) is 11.6 Å². The van der Waals surface area contributed by atoms with E-state index in [1.807, 2.05) is 0 Å². The van der Waals surface area contributed by atoms with E-state index in [0.29, 0.717) is 21.5 Å². The zero-order valence-electron chi connectivity index (χ0n) is 12.0. The summed E-state index contributed by atoms with van der Waals surface area (Å²) in [4.78, 5) is 12.1.